The molecule has 0 heterocycles. The summed E-state index contributed by atoms with van der Waals surface area (Å²) in [5.41, 5.74) is 0.545. The molecule has 0 unspecified atom stereocenters. The Morgan fingerprint density at radius 1 is 1.62 bits per heavy atom. The maximum atomic E-state index is 12.9. The van der Waals surface area contributed by atoms with E-state index in [2.05, 4.69) is 6.58 Å². The van der Waals surface area contributed by atoms with Crippen molar-refractivity contribution in [3.8, 4) is 5.75 Å². The molecule has 1 rings (SSSR count). The third-order valence-corrected chi connectivity index (χ3v) is 2.05. The predicted molar refractivity (Wildman–Crippen MR) is 58.0 cm³/mol. The quantitative estimate of drug-likeness (QED) is 0.439. The lowest BCUT2D eigenvalue weighted by molar-refractivity contribution is -0.385. The molecule has 0 aliphatic heterocycles. The highest BCUT2D eigenvalue weighted by atomic mass is 19.1. The zero-order chi connectivity index (χ0) is 12.1. The van der Waals surface area contributed by atoms with Gasteiger partial charge >= 0.3 is 5.69 Å². The summed E-state index contributed by atoms with van der Waals surface area (Å²) in [5, 5.41) is 10.6. The average Bonchev–Trinajstić information content (AvgIpc) is 2.25. The Morgan fingerprint density at radius 3 is 2.88 bits per heavy atom. The van der Waals surface area contributed by atoms with Crippen LogP contribution in [0.1, 0.15) is 13.3 Å². The lowest BCUT2D eigenvalue weighted by Gasteiger charge is -2.07. The number of hydrogen-bond donors (Lipinski definition) is 0. The van der Waals surface area contributed by atoms with Crippen LogP contribution in [0.3, 0.4) is 0 Å². The Morgan fingerprint density at radius 2 is 2.31 bits per heavy atom. The number of hydrogen-bond acceptors (Lipinski definition) is 3. The summed E-state index contributed by atoms with van der Waals surface area (Å²) in [6.07, 6.45) is 0.711. The molecule has 86 valence electrons. The molecule has 0 amide bonds. The van der Waals surface area contributed by atoms with E-state index in [0.717, 1.165) is 23.8 Å². The summed E-state index contributed by atoms with van der Waals surface area (Å²) in [7, 11) is 0. The minimum absolute atomic E-state index is 0.0698. The highest BCUT2D eigenvalue weighted by molar-refractivity contribution is 5.46. The molecule has 0 N–H and O–H groups in total. The first kappa shape index (κ1) is 12.2. The number of rotatable bonds is 5. The van der Waals surface area contributed by atoms with Gasteiger partial charge in [-0.05, 0) is 18.1 Å². The molecule has 0 fully saturated rings. The van der Waals surface area contributed by atoms with E-state index >= 15 is 0 Å². The molecule has 0 aromatic heterocycles. The molecule has 0 bridgehead atoms. The van der Waals surface area contributed by atoms with E-state index in [4.69, 9.17) is 4.74 Å². The largest absolute Gasteiger partial charge is 0.482 e. The lowest BCUT2D eigenvalue weighted by atomic mass is 10.2. The van der Waals surface area contributed by atoms with Crippen molar-refractivity contribution in [1.82, 2.24) is 0 Å². The van der Waals surface area contributed by atoms with Gasteiger partial charge in [0.15, 0.2) is 5.75 Å². The third kappa shape index (κ3) is 3.05. The van der Waals surface area contributed by atoms with Crippen LogP contribution in [0.15, 0.2) is 30.4 Å². The molecule has 0 saturated carbocycles. The minimum Gasteiger partial charge on any atom is -0.482 e. The van der Waals surface area contributed by atoms with Crippen molar-refractivity contribution in [2.45, 2.75) is 13.3 Å². The van der Waals surface area contributed by atoms with Gasteiger partial charge in [-0.25, -0.2) is 4.39 Å². The van der Waals surface area contributed by atoms with Gasteiger partial charge in [-0.1, -0.05) is 13.5 Å². The average molecular weight is 225 g/mol. The first-order chi connectivity index (χ1) is 7.54. The van der Waals surface area contributed by atoms with Crippen LogP contribution in [0, 0.1) is 15.9 Å². The normalized spacial score (nSPS) is 9.88. The fraction of sp³-hybridized carbons (Fsp3) is 0.273. The summed E-state index contributed by atoms with van der Waals surface area (Å²) < 4.78 is 18.0. The fourth-order valence-electron chi connectivity index (χ4n) is 1.04. The molecule has 0 atom stereocenters. The van der Waals surface area contributed by atoms with E-state index in [-0.39, 0.29) is 18.0 Å². The fourth-order valence-corrected chi connectivity index (χ4v) is 1.04. The summed E-state index contributed by atoms with van der Waals surface area (Å²) in [4.78, 5) is 10.0. The topological polar surface area (TPSA) is 52.4 Å². The van der Waals surface area contributed by atoms with Gasteiger partial charge in [0.1, 0.15) is 12.4 Å². The van der Waals surface area contributed by atoms with Crippen LogP contribution in [0.4, 0.5) is 10.1 Å². The SMILES string of the molecule is C=C(CC)COc1cc(F)ccc1[N+](=O)[O-]. The summed E-state index contributed by atoms with van der Waals surface area (Å²) in [6, 6.07) is 3.11. The number of ether oxygens (including phenoxy) is 1. The molecule has 0 spiro atoms. The minimum atomic E-state index is -0.608. The Kier molecular flexibility index (Phi) is 3.99. The Balaban J connectivity index is 2.88. The molecule has 5 heteroatoms. The first-order valence-corrected chi connectivity index (χ1v) is 4.78. The molecule has 0 aliphatic rings. The van der Waals surface area contributed by atoms with E-state index in [1.54, 1.807) is 0 Å². The Hall–Kier alpha value is -1.91. The van der Waals surface area contributed by atoms with E-state index < -0.39 is 10.7 Å². The van der Waals surface area contributed by atoms with Crippen molar-refractivity contribution >= 4 is 5.69 Å². The van der Waals surface area contributed by atoms with Crippen molar-refractivity contribution in [1.29, 1.82) is 0 Å². The molecule has 0 aliphatic carbocycles. The van der Waals surface area contributed by atoms with Crippen molar-refractivity contribution in [3.63, 3.8) is 0 Å². The molecule has 1 aromatic carbocycles. The standard InChI is InChI=1S/C11H12FNO3/c1-3-8(2)7-16-11-6-9(12)4-5-10(11)13(14)15/h4-6H,2-3,7H2,1H3. The molecule has 0 saturated heterocycles. The van der Waals surface area contributed by atoms with Crippen molar-refractivity contribution in [2.24, 2.45) is 0 Å². The molecule has 4 nitrogen and oxygen atoms in total. The van der Waals surface area contributed by atoms with E-state index in [0.29, 0.717) is 6.42 Å². The number of benzene rings is 1. The predicted octanol–water partition coefficient (Wildman–Crippen LogP) is 3.08. The summed E-state index contributed by atoms with van der Waals surface area (Å²) in [6.45, 7) is 5.74. The van der Waals surface area contributed by atoms with Gasteiger partial charge < -0.3 is 4.74 Å². The highest BCUT2D eigenvalue weighted by Gasteiger charge is 2.15. The van der Waals surface area contributed by atoms with Gasteiger partial charge in [0, 0.05) is 12.1 Å². The van der Waals surface area contributed by atoms with Crippen LogP contribution in [0.2, 0.25) is 0 Å². The maximum Gasteiger partial charge on any atom is 0.311 e. The van der Waals surface area contributed by atoms with Crippen LogP contribution in [-0.4, -0.2) is 11.5 Å². The van der Waals surface area contributed by atoms with Gasteiger partial charge in [0.2, 0.25) is 0 Å². The van der Waals surface area contributed by atoms with Gasteiger partial charge in [-0.2, -0.15) is 0 Å². The van der Waals surface area contributed by atoms with Crippen LogP contribution < -0.4 is 4.74 Å². The van der Waals surface area contributed by atoms with Crippen LogP contribution in [0.25, 0.3) is 0 Å². The smallest absolute Gasteiger partial charge is 0.311 e. The third-order valence-electron chi connectivity index (χ3n) is 2.05. The van der Waals surface area contributed by atoms with Gasteiger partial charge in [0.25, 0.3) is 0 Å². The second kappa shape index (κ2) is 5.25. The van der Waals surface area contributed by atoms with E-state index in [1.165, 1.54) is 0 Å². The van der Waals surface area contributed by atoms with Crippen molar-refractivity contribution in [2.75, 3.05) is 6.61 Å². The summed E-state index contributed by atoms with van der Waals surface area (Å²) in [5.74, 6) is -0.637. The zero-order valence-corrected chi connectivity index (χ0v) is 8.90. The van der Waals surface area contributed by atoms with Crippen LogP contribution >= 0.6 is 0 Å². The molecular weight excluding hydrogens is 213 g/mol. The van der Waals surface area contributed by atoms with Crippen LogP contribution in [-0.2, 0) is 0 Å². The monoisotopic (exact) mass is 225 g/mol. The maximum absolute atomic E-state index is 12.9. The molecule has 16 heavy (non-hydrogen) atoms. The second-order valence-corrected chi connectivity index (χ2v) is 3.26. The van der Waals surface area contributed by atoms with Crippen LogP contribution in [0.5, 0.6) is 5.75 Å². The van der Waals surface area contributed by atoms with E-state index in [9.17, 15) is 14.5 Å². The molecule has 1 aromatic rings. The zero-order valence-electron chi connectivity index (χ0n) is 8.90. The van der Waals surface area contributed by atoms with Crippen molar-refractivity contribution < 1.29 is 14.1 Å². The lowest BCUT2D eigenvalue weighted by Crippen LogP contribution is -2.02. The Labute approximate surface area is 92.5 Å². The van der Waals surface area contributed by atoms with Crippen molar-refractivity contribution in [3.05, 3.63) is 46.3 Å². The van der Waals surface area contributed by atoms with Gasteiger partial charge in [-0.3, -0.25) is 10.1 Å². The Bertz CT molecular complexity index is 418. The number of nitro benzene ring substituents is 1. The second-order valence-electron chi connectivity index (χ2n) is 3.26. The summed E-state index contributed by atoms with van der Waals surface area (Å²) >= 11 is 0. The van der Waals surface area contributed by atoms with E-state index in [1.807, 2.05) is 6.92 Å². The van der Waals surface area contributed by atoms with Gasteiger partial charge in [0.05, 0.1) is 4.92 Å². The number of nitro groups is 1. The highest BCUT2D eigenvalue weighted by Crippen LogP contribution is 2.27. The first-order valence-electron chi connectivity index (χ1n) is 4.78. The number of halogens is 1. The number of nitrogens with zero attached hydrogens (tertiary/aromatic N) is 1. The molecule has 0 radical (unpaired) electrons. The molecular formula is C11H12FNO3. The van der Waals surface area contributed by atoms with Gasteiger partial charge in [-0.15, -0.1) is 0 Å².